The van der Waals surface area contributed by atoms with E-state index in [4.69, 9.17) is 5.26 Å². The van der Waals surface area contributed by atoms with Crippen molar-refractivity contribution in [2.45, 2.75) is 25.7 Å². The van der Waals surface area contributed by atoms with Crippen molar-refractivity contribution in [3.63, 3.8) is 0 Å². The zero-order chi connectivity index (χ0) is 11.6. The van der Waals surface area contributed by atoms with E-state index in [0.29, 0.717) is 13.0 Å². The number of hydrogen-bond donors (Lipinski definition) is 0. The van der Waals surface area contributed by atoms with Crippen molar-refractivity contribution < 1.29 is 4.79 Å². The number of hydrogen-bond acceptors (Lipinski definition) is 3. The Bertz CT molecular complexity index is 317. The molecule has 0 atom stereocenters. The van der Waals surface area contributed by atoms with E-state index in [1.165, 1.54) is 0 Å². The second-order valence-corrected chi connectivity index (χ2v) is 5.21. The van der Waals surface area contributed by atoms with Crippen LogP contribution >= 0.6 is 0 Å². The van der Waals surface area contributed by atoms with Crippen LogP contribution in [0.5, 0.6) is 0 Å². The molecule has 2 rings (SSSR count). The van der Waals surface area contributed by atoms with Crippen LogP contribution in [0.3, 0.4) is 0 Å². The summed E-state index contributed by atoms with van der Waals surface area (Å²) in [4.78, 5) is 15.7. The molecule has 1 saturated heterocycles. The largest absolute Gasteiger partial charge is 0.345 e. The Kier molecular flexibility index (Phi) is 3.15. The van der Waals surface area contributed by atoms with E-state index in [9.17, 15) is 4.79 Å². The summed E-state index contributed by atoms with van der Waals surface area (Å²) in [5.74, 6) is 0.213. The molecule has 1 amide bonds. The Morgan fingerprint density at radius 1 is 1.44 bits per heavy atom. The fourth-order valence-electron chi connectivity index (χ4n) is 2.39. The molecule has 16 heavy (non-hydrogen) atoms. The minimum absolute atomic E-state index is 0.213. The quantitative estimate of drug-likeness (QED) is 0.709. The maximum Gasteiger partial charge on any atom is 0.236 e. The van der Waals surface area contributed by atoms with Gasteiger partial charge in [-0.05, 0) is 24.7 Å². The van der Waals surface area contributed by atoms with Gasteiger partial charge in [0, 0.05) is 33.1 Å². The summed E-state index contributed by atoms with van der Waals surface area (Å²) in [5.41, 5.74) is 0.220. The second kappa shape index (κ2) is 4.42. The third-order valence-electron chi connectivity index (χ3n) is 3.72. The topological polar surface area (TPSA) is 47.3 Å². The molecule has 2 aliphatic rings. The molecule has 2 fully saturated rings. The van der Waals surface area contributed by atoms with Crippen molar-refractivity contribution in [3.8, 4) is 6.07 Å². The Balaban J connectivity index is 1.90. The lowest BCUT2D eigenvalue weighted by atomic mass is 10.0. The van der Waals surface area contributed by atoms with Gasteiger partial charge in [-0.15, -0.1) is 0 Å². The van der Waals surface area contributed by atoms with Crippen molar-refractivity contribution in [3.05, 3.63) is 0 Å². The molecule has 88 valence electrons. The van der Waals surface area contributed by atoms with Crippen molar-refractivity contribution in [1.82, 2.24) is 9.80 Å². The van der Waals surface area contributed by atoms with E-state index in [1.807, 2.05) is 11.9 Å². The molecule has 1 saturated carbocycles. The third kappa shape index (κ3) is 2.53. The molecule has 4 nitrogen and oxygen atoms in total. The van der Waals surface area contributed by atoms with Gasteiger partial charge in [0.1, 0.15) is 0 Å². The summed E-state index contributed by atoms with van der Waals surface area (Å²) < 4.78 is 0. The fraction of sp³-hybridized carbons (Fsp3) is 0.833. The fourth-order valence-corrected chi connectivity index (χ4v) is 2.39. The Morgan fingerprint density at radius 2 is 2.19 bits per heavy atom. The first-order valence-corrected chi connectivity index (χ1v) is 5.98. The number of carbonyl (C=O) groups is 1. The summed E-state index contributed by atoms with van der Waals surface area (Å²) in [5, 5.41) is 8.78. The van der Waals surface area contributed by atoms with Gasteiger partial charge in [-0.2, -0.15) is 5.26 Å². The standard InChI is InChI=1S/C12H19N3O/c1-14-7-2-8-15(9-11(14)16)10-12(3-4-12)5-6-13/h2-5,7-10H2,1H3. The highest BCUT2D eigenvalue weighted by atomic mass is 16.2. The molecule has 0 aromatic rings. The zero-order valence-electron chi connectivity index (χ0n) is 9.91. The van der Waals surface area contributed by atoms with E-state index in [-0.39, 0.29) is 11.3 Å². The average Bonchev–Trinajstić information content (AvgIpc) is 2.98. The summed E-state index contributed by atoms with van der Waals surface area (Å²) in [6.45, 7) is 3.31. The van der Waals surface area contributed by atoms with Crippen molar-refractivity contribution >= 4 is 5.91 Å². The van der Waals surface area contributed by atoms with Crippen LogP contribution in [0.25, 0.3) is 0 Å². The minimum atomic E-state index is 0.213. The SMILES string of the molecule is CN1CCCN(CC2(CC#N)CC2)CC1=O. The number of nitriles is 1. The molecule has 0 radical (unpaired) electrons. The predicted molar refractivity (Wildman–Crippen MR) is 60.6 cm³/mol. The van der Waals surface area contributed by atoms with Gasteiger partial charge < -0.3 is 4.90 Å². The highest BCUT2D eigenvalue weighted by molar-refractivity contribution is 5.78. The number of likely N-dealkylation sites (N-methyl/N-ethyl adjacent to an activating group) is 1. The summed E-state index contributed by atoms with van der Waals surface area (Å²) >= 11 is 0. The van der Waals surface area contributed by atoms with Crippen molar-refractivity contribution in [2.24, 2.45) is 5.41 Å². The zero-order valence-corrected chi connectivity index (χ0v) is 9.91. The molecule has 0 aromatic carbocycles. The summed E-state index contributed by atoms with van der Waals surface area (Å²) in [7, 11) is 1.87. The molecular formula is C12H19N3O. The molecule has 1 heterocycles. The van der Waals surface area contributed by atoms with E-state index >= 15 is 0 Å². The van der Waals surface area contributed by atoms with Crippen LogP contribution in [0.1, 0.15) is 25.7 Å². The smallest absolute Gasteiger partial charge is 0.236 e. The molecule has 0 aromatic heterocycles. The van der Waals surface area contributed by atoms with Crippen LogP contribution in [0.15, 0.2) is 0 Å². The molecule has 4 heteroatoms. The average molecular weight is 221 g/mol. The van der Waals surface area contributed by atoms with Crippen LogP contribution in [0.4, 0.5) is 0 Å². The third-order valence-corrected chi connectivity index (χ3v) is 3.72. The molecular weight excluding hydrogens is 202 g/mol. The molecule has 0 spiro atoms. The summed E-state index contributed by atoms with van der Waals surface area (Å²) in [6, 6.07) is 2.27. The van der Waals surface area contributed by atoms with Crippen LogP contribution < -0.4 is 0 Å². The molecule has 0 unspecified atom stereocenters. The maximum absolute atomic E-state index is 11.7. The van der Waals surface area contributed by atoms with Crippen LogP contribution in [-0.4, -0.2) is 48.9 Å². The van der Waals surface area contributed by atoms with Crippen LogP contribution in [-0.2, 0) is 4.79 Å². The Morgan fingerprint density at radius 3 is 2.81 bits per heavy atom. The molecule has 0 bridgehead atoms. The summed E-state index contributed by atoms with van der Waals surface area (Å²) in [6.07, 6.45) is 4.00. The van der Waals surface area contributed by atoms with E-state index in [0.717, 1.165) is 38.9 Å². The van der Waals surface area contributed by atoms with Crippen LogP contribution in [0.2, 0.25) is 0 Å². The molecule has 1 aliphatic carbocycles. The number of carbonyl (C=O) groups excluding carboxylic acids is 1. The number of rotatable bonds is 3. The van der Waals surface area contributed by atoms with E-state index < -0.39 is 0 Å². The van der Waals surface area contributed by atoms with E-state index in [2.05, 4.69) is 11.0 Å². The Labute approximate surface area is 96.8 Å². The molecule has 0 N–H and O–H groups in total. The highest BCUT2D eigenvalue weighted by Gasteiger charge is 2.44. The monoisotopic (exact) mass is 221 g/mol. The van der Waals surface area contributed by atoms with Crippen molar-refractivity contribution in [2.75, 3.05) is 33.2 Å². The highest BCUT2D eigenvalue weighted by Crippen LogP contribution is 2.49. The first-order valence-electron chi connectivity index (χ1n) is 5.98. The number of nitrogens with zero attached hydrogens (tertiary/aromatic N) is 3. The lowest BCUT2D eigenvalue weighted by Crippen LogP contribution is -2.37. The number of amides is 1. The Hall–Kier alpha value is -1.08. The lowest BCUT2D eigenvalue weighted by Gasteiger charge is -2.23. The normalized spacial score (nSPS) is 25.0. The van der Waals surface area contributed by atoms with Gasteiger partial charge in [-0.25, -0.2) is 0 Å². The second-order valence-electron chi connectivity index (χ2n) is 5.21. The lowest BCUT2D eigenvalue weighted by molar-refractivity contribution is -0.130. The van der Waals surface area contributed by atoms with Crippen molar-refractivity contribution in [1.29, 1.82) is 5.26 Å². The van der Waals surface area contributed by atoms with Gasteiger partial charge in [0.15, 0.2) is 0 Å². The first kappa shape index (κ1) is 11.4. The van der Waals surface area contributed by atoms with Crippen LogP contribution in [0, 0.1) is 16.7 Å². The van der Waals surface area contributed by atoms with Gasteiger partial charge >= 0.3 is 0 Å². The van der Waals surface area contributed by atoms with Gasteiger partial charge in [-0.1, -0.05) is 0 Å². The van der Waals surface area contributed by atoms with Gasteiger partial charge in [0.2, 0.25) is 5.91 Å². The first-order chi connectivity index (χ1) is 7.65. The van der Waals surface area contributed by atoms with E-state index in [1.54, 1.807) is 0 Å². The van der Waals surface area contributed by atoms with Gasteiger partial charge in [0.25, 0.3) is 0 Å². The van der Waals surface area contributed by atoms with Gasteiger partial charge in [-0.3, -0.25) is 9.69 Å². The van der Waals surface area contributed by atoms with Gasteiger partial charge in [0.05, 0.1) is 12.6 Å². The minimum Gasteiger partial charge on any atom is -0.345 e. The predicted octanol–water partition coefficient (Wildman–Crippen LogP) is 0.844. The molecule has 1 aliphatic heterocycles. The maximum atomic E-state index is 11.7.